The normalized spacial score (nSPS) is 53.1. The van der Waals surface area contributed by atoms with Gasteiger partial charge in [-0.1, -0.05) is 27.2 Å². The van der Waals surface area contributed by atoms with Gasteiger partial charge in [0, 0.05) is 0 Å². The average molecular weight is 138 g/mol. The Kier molecular flexibility index (Phi) is 1.33. The van der Waals surface area contributed by atoms with Gasteiger partial charge in [-0.2, -0.15) is 0 Å². The van der Waals surface area contributed by atoms with Crippen LogP contribution < -0.4 is 0 Å². The van der Waals surface area contributed by atoms with Crippen molar-refractivity contribution in [3.8, 4) is 0 Å². The van der Waals surface area contributed by atoms with Crippen molar-refractivity contribution in [1.29, 1.82) is 0 Å². The van der Waals surface area contributed by atoms with Crippen LogP contribution in [0.1, 0.15) is 33.6 Å². The molecule has 2 aliphatic rings. The summed E-state index contributed by atoms with van der Waals surface area (Å²) >= 11 is 0. The zero-order valence-corrected chi connectivity index (χ0v) is 7.30. The first-order chi connectivity index (χ1) is 4.75. The van der Waals surface area contributed by atoms with Crippen LogP contribution >= 0.6 is 0 Å². The summed E-state index contributed by atoms with van der Waals surface area (Å²) in [7, 11) is 0. The fraction of sp³-hybridized carbons (Fsp3) is 1.00. The molecule has 0 radical (unpaired) electrons. The lowest BCUT2D eigenvalue weighted by atomic mass is 9.68. The molecular formula is C10H18. The molecule has 0 aromatic heterocycles. The molecule has 0 heteroatoms. The molecule has 2 saturated carbocycles. The first-order valence-corrected chi connectivity index (χ1v) is 4.75. The molecule has 5 unspecified atom stereocenters. The van der Waals surface area contributed by atoms with Gasteiger partial charge < -0.3 is 0 Å². The Bertz CT molecular complexity index is 139. The largest absolute Gasteiger partial charge is 0.0651 e. The van der Waals surface area contributed by atoms with Crippen molar-refractivity contribution in [3.63, 3.8) is 0 Å². The maximum atomic E-state index is 2.45. The van der Waals surface area contributed by atoms with E-state index in [4.69, 9.17) is 0 Å². The van der Waals surface area contributed by atoms with Crippen molar-refractivity contribution in [2.75, 3.05) is 0 Å². The van der Waals surface area contributed by atoms with Gasteiger partial charge in [0.2, 0.25) is 0 Å². The van der Waals surface area contributed by atoms with Gasteiger partial charge in [0.15, 0.2) is 0 Å². The van der Waals surface area contributed by atoms with Gasteiger partial charge in [0.05, 0.1) is 0 Å². The van der Waals surface area contributed by atoms with Crippen LogP contribution in [0.25, 0.3) is 0 Å². The smallest absolute Gasteiger partial charge is 0.0329 e. The van der Waals surface area contributed by atoms with Crippen LogP contribution in [0.15, 0.2) is 0 Å². The van der Waals surface area contributed by atoms with Gasteiger partial charge in [-0.05, 0) is 36.0 Å². The van der Waals surface area contributed by atoms with E-state index in [0.29, 0.717) is 0 Å². The van der Waals surface area contributed by atoms with Crippen molar-refractivity contribution in [1.82, 2.24) is 0 Å². The van der Waals surface area contributed by atoms with E-state index in [2.05, 4.69) is 20.8 Å². The Morgan fingerprint density at radius 1 is 1.40 bits per heavy atom. The van der Waals surface area contributed by atoms with Crippen LogP contribution in [0.4, 0.5) is 0 Å². The predicted molar refractivity (Wildman–Crippen MR) is 43.7 cm³/mol. The van der Waals surface area contributed by atoms with Crippen molar-refractivity contribution in [2.45, 2.75) is 33.6 Å². The quantitative estimate of drug-likeness (QED) is 0.550. The monoisotopic (exact) mass is 138 g/mol. The molecule has 10 heavy (non-hydrogen) atoms. The van der Waals surface area contributed by atoms with E-state index in [1.807, 2.05) is 0 Å². The second kappa shape index (κ2) is 1.99. The summed E-state index contributed by atoms with van der Waals surface area (Å²) in [5.74, 6) is 5.51. The lowest BCUT2D eigenvalue weighted by molar-refractivity contribution is 0.107. The van der Waals surface area contributed by atoms with Crippen LogP contribution in [0.2, 0.25) is 0 Å². The second-order valence-electron chi connectivity index (χ2n) is 4.39. The summed E-state index contributed by atoms with van der Waals surface area (Å²) in [6.45, 7) is 7.20. The highest BCUT2D eigenvalue weighted by atomic mass is 14.6. The molecule has 2 aliphatic carbocycles. The molecule has 0 heterocycles. The zero-order valence-electron chi connectivity index (χ0n) is 7.30. The topological polar surface area (TPSA) is 0 Å². The van der Waals surface area contributed by atoms with Gasteiger partial charge in [-0.25, -0.2) is 0 Å². The van der Waals surface area contributed by atoms with Crippen LogP contribution in [0.5, 0.6) is 0 Å². The Morgan fingerprint density at radius 2 is 2.10 bits per heavy atom. The minimum atomic E-state index is 0.999. The highest BCUT2D eigenvalue weighted by Crippen LogP contribution is 2.66. The third-order valence-corrected chi connectivity index (χ3v) is 3.97. The second-order valence-corrected chi connectivity index (χ2v) is 4.39. The summed E-state index contributed by atoms with van der Waals surface area (Å²) in [6.07, 6.45) is 2.95. The Labute approximate surface area is 64.0 Å². The fourth-order valence-electron chi connectivity index (χ4n) is 3.03. The third kappa shape index (κ3) is 0.681. The Balaban J connectivity index is 1.93. The average Bonchev–Trinajstić information content (AvgIpc) is 2.63. The zero-order chi connectivity index (χ0) is 7.30. The standard InChI is InChI=1S/C10H18/c1-4-6(2)10-7(3)8-5-9(8)10/h6-10H,4-5H2,1-3H3. The molecule has 0 bridgehead atoms. The van der Waals surface area contributed by atoms with Gasteiger partial charge >= 0.3 is 0 Å². The molecule has 0 amide bonds. The van der Waals surface area contributed by atoms with Crippen LogP contribution in [-0.2, 0) is 0 Å². The molecule has 0 nitrogen and oxygen atoms in total. The molecular weight excluding hydrogens is 120 g/mol. The van der Waals surface area contributed by atoms with Crippen LogP contribution in [0, 0.1) is 29.6 Å². The summed E-state index contributed by atoms with van der Waals surface area (Å²) in [6, 6.07) is 0. The van der Waals surface area contributed by atoms with E-state index in [1.165, 1.54) is 18.3 Å². The van der Waals surface area contributed by atoms with Crippen molar-refractivity contribution < 1.29 is 0 Å². The number of rotatable bonds is 2. The van der Waals surface area contributed by atoms with Gasteiger partial charge in [-0.3, -0.25) is 0 Å². The van der Waals surface area contributed by atoms with E-state index >= 15 is 0 Å². The maximum absolute atomic E-state index is 2.45. The minimum Gasteiger partial charge on any atom is -0.0651 e. The predicted octanol–water partition coefficient (Wildman–Crippen LogP) is 2.93. The highest BCUT2D eigenvalue weighted by Gasteiger charge is 2.59. The Hall–Kier alpha value is 0. The lowest BCUT2D eigenvalue weighted by Gasteiger charge is -2.37. The summed E-state index contributed by atoms with van der Waals surface area (Å²) < 4.78 is 0. The molecule has 2 rings (SSSR count). The molecule has 58 valence electrons. The fourth-order valence-corrected chi connectivity index (χ4v) is 3.03. The van der Waals surface area contributed by atoms with Crippen molar-refractivity contribution in [3.05, 3.63) is 0 Å². The van der Waals surface area contributed by atoms with E-state index < -0.39 is 0 Å². The van der Waals surface area contributed by atoms with Gasteiger partial charge in [-0.15, -0.1) is 0 Å². The van der Waals surface area contributed by atoms with Gasteiger partial charge in [0.1, 0.15) is 0 Å². The molecule has 0 aromatic carbocycles. The first kappa shape index (κ1) is 6.69. The lowest BCUT2D eigenvalue weighted by Crippen LogP contribution is -2.32. The van der Waals surface area contributed by atoms with Crippen molar-refractivity contribution in [2.24, 2.45) is 29.6 Å². The SMILES string of the molecule is CCC(C)C1C(C)C2CC21. The third-order valence-electron chi connectivity index (χ3n) is 3.97. The molecule has 0 aromatic rings. The van der Waals surface area contributed by atoms with E-state index in [1.54, 1.807) is 6.42 Å². The molecule has 0 aliphatic heterocycles. The highest BCUT2D eigenvalue weighted by molar-refractivity contribution is 5.08. The Morgan fingerprint density at radius 3 is 2.50 bits per heavy atom. The number of fused-ring (bicyclic) bond motifs is 1. The van der Waals surface area contributed by atoms with E-state index in [0.717, 1.165) is 17.8 Å². The number of hydrogen-bond acceptors (Lipinski definition) is 0. The first-order valence-electron chi connectivity index (χ1n) is 4.75. The van der Waals surface area contributed by atoms with E-state index in [9.17, 15) is 0 Å². The van der Waals surface area contributed by atoms with Crippen molar-refractivity contribution >= 4 is 0 Å². The summed E-state index contributed by atoms with van der Waals surface area (Å²) in [5, 5.41) is 0. The molecule has 0 N–H and O–H groups in total. The van der Waals surface area contributed by atoms with Gasteiger partial charge in [0.25, 0.3) is 0 Å². The van der Waals surface area contributed by atoms with E-state index in [-0.39, 0.29) is 0 Å². The molecule has 0 spiro atoms. The summed E-state index contributed by atoms with van der Waals surface area (Å²) in [4.78, 5) is 0. The number of hydrogen-bond donors (Lipinski definition) is 0. The molecule has 5 atom stereocenters. The minimum absolute atomic E-state index is 0.999. The van der Waals surface area contributed by atoms with Crippen LogP contribution in [-0.4, -0.2) is 0 Å². The van der Waals surface area contributed by atoms with Crippen LogP contribution in [0.3, 0.4) is 0 Å². The maximum Gasteiger partial charge on any atom is -0.0329 e. The summed E-state index contributed by atoms with van der Waals surface area (Å²) in [5.41, 5.74) is 0. The molecule has 0 saturated heterocycles. The molecule has 2 fully saturated rings.